The molecule has 0 saturated heterocycles. The molecule has 0 radical (unpaired) electrons. The Morgan fingerprint density at radius 1 is 1.62 bits per heavy atom. The van der Waals surface area contributed by atoms with Gasteiger partial charge in [0.15, 0.2) is 0 Å². The molecule has 0 saturated carbocycles. The van der Waals surface area contributed by atoms with Crippen molar-refractivity contribution in [3.05, 3.63) is 36.0 Å². The highest BCUT2D eigenvalue weighted by atomic mass is 16.5. The summed E-state index contributed by atoms with van der Waals surface area (Å²) in [7, 11) is 1.34. The van der Waals surface area contributed by atoms with Gasteiger partial charge in [0.25, 0.3) is 0 Å². The summed E-state index contributed by atoms with van der Waals surface area (Å²) in [5.74, 6) is -0.382. The van der Waals surface area contributed by atoms with Crippen LogP contribution in [0.4, 0.5) is 0 Å². The number of rotatable bonds is 4. The summed E-state index contributed by atoms with van der Waals surface area (Å²) in [5.41, 5.74) is 6.76. The highest BCUT2D eigenvalue weighted by Gasteiger charge is 2.04. The number of hydrogen-bond acceptors (Lipinski definition) is 3. The molecular weight excluding hydrogens is 166 g/mol. The molecule has 0 aliphatic rings. The largest absolute Gasteiger partial charge is 0.465 e. The van der Waals surface area contributed by atoms with Gasteiger partial charge in [-0.05, 0) is 19.1 Å². The van der Waals surface area contributed by atoms with Crippen LogP contribution in [0.2, 0.25) is 0 Å². The zero-order chi connectivity index (χ0) is 10.3. The highest BCUT2D eigenvalue weighted by molar-refractivity contribution is 5.91. The van der Waals surface area contributed by atoms with Crippen molar-refractivity contribution in [2.24, 2.45) is 5.73 Å². The van der Waals surface area contributed by atoms with Crippen LogP contribution in [0.25, 0.3) is 0 Å². The van der Waals surface area contributed by atoms with Gasteiger partial charge in [0.2, 0.25) is 0 Å². The minimum atomic E-state index is -0.382. The van der Waals surface area contributed by atoms with E-state index in [0.29, 0.717) is 12.1 Å². The second-order valence-electron chi connectivity index (χ2n) is 2.54. The van der Waals surface area contributed by atoms with E-state index in [-0.39, 0.29) is 5.97 Å². The van der Waals surface area contributed by atoms with Crippen LogP contribution < -0.4 is 5.73 Å². The predicted octanol–water partition coefficient (Wildman–Crippen LogP) is 1.18. The molecule has 0 fully saturated rings. The van der Waals surface area contributed by atoms with Crippen molar-refractivity contribution in [3.8, 4) is 0 Å². The maximum Gasteiger partial charge on any atom is 0.337 e. The van der Waals surface area contributed by atoms with Crippen molar-refractivity contribution in [2.75, 3.05) is 13.7 Å². The fourth-order valence-electron chi connectivity index (χ4n) is 0.744. The Bertz CT molecular complexity index is 252. The van der Waals surface area contributed by atoms with E-state index in [4.69, 9.17) is 5.73 Å². The standard InChI is InChI=1S/C10H15NO2/c1-4-5-9(10(12)13-3)6-8(2)7-11/h4-6H,1,7,11H2,2-3H3/b8-6+,9-5+. The average molecular weight is 181 g/mol. The van der Waals surface area contributed by atoms with Gasteiger partial charge in [-0.1, -0.05) is 18.2 Å². The monoisotopic (exact) mass is 181 g/mol. The summed E-state index contributed by atoms with van der Waals surface area (Å²) in [6.07, 6.45) is 4.81. The Hall–Kier alpha value is -1.35. The molecule has 0 heterocycles. The lowest BCUT2D eigenvalue weighted by Gasteiger charge is -2.00. The van der Waals surface area contributed by atoms with Gasteiger partial charge in [-0.2, -0.15) is 0 Å². The molecule has 13 heavy (non-hydrogen) atoms. The first-order valence-electron chi connectivity index (χ1n) is 3.94. The molecule has 0 atom stereocenters. The highest BCUT2D eigenvalue weighted by Crippen LogP contribution is 2.03. The summed E-state index contributed by atoms with van der Waals surface area (Å²) in [6.45, 7) is 5.77. The fourth-order valence-corrected chi connectivity index (χ4v) is 0.744. The first-order chi connectivity index (χ1) is 6.15. The van der Waals surface area contributed by atoms with Crippen LogP contribution in [0.3, 0.4) is 0 Å². The third-order valence-electron chi connectivity index (χ3n) is 1.44. The zero-order valence-corrected chi connectivity index (χ0v) is 8.04. The van der Waals surface area contributed by atoms with Crippen molar-refractivity contribution in [2.45, 2.75) is 6.92 Å². The number of ether oxygens (including phenoxy) is 1. The number of nitrogens with two attached hydrogens (primary N) is 1. The SMILES string of the molecule is C=C/C=C(\C=C(/C)CN)C(=O)OC. The van der Waals surface area contributed by atoms with E-state index in [1.165, 1.54) is 13.2 Å². The van der Waals surface area contributed by atoms with E-state index in [9.17, 15) is 4.79 Å². The molecule has 0 aromatic rings. The quantitative estimate of drug-likeness (QED) is 0.402. The normalized spacial score (nSPS) is 12.5. The molecule has 3 nitrogen and oxygen atoms in total. The third kappa shape index (κ3) is 4.28. The Morgan fingerprint density at radius 2 is 2.23 bits per heavy atom. The molecule has 0 aromatic heterocycles. The van der Waals surface area contributed by atoms with E-state index < -0.39 is 0 Å². The van der Waals surface area contributed by atoms with Gasteiger partial charge in [-0.25, -0.2) is 4.79 Å². The lowest BCUT2D eigenvalue weighted by atomic mass is 10.1. The van der Waals surface area contributed by atoms with Crippen molar-refractivity contribution >= 4 is 5.97 Å². The molecule has 0 aliphatic carbocycles. The van der Waals surface area contributed by atoms with Gasteiger partial charge in [0.05, 0.1) is 12.7 Å². The summed E-state index contributed by atoms with van der Waals surface area (Å²) in [4.78, 5) is 11.1. The van der Waals surface area contributed by atoms with Gasteiger partial charge in [-0.15, -0.1) is 0 Å². The maximum atomic E-state index is 11.1. The second kappa shape index (κ2) is 6.20. The molecule has 72 valence electrons. The molecule has 0 rings (SSSR count). The first kappa shape index (κ1) is 11.6. The first-order valence-corrected chi connectivity index (χ1v) is 3.94. The van der Waals surface area contributed by atoms with Crippen molar-refractivity contribution < 1.29 is 9.53 Å². The summed E-state index contributed by atoms with van der Waals surface area (Å²) < 4.78 is 4.57. The van der Waals surface area contributed by atoms with Gasteiger partial charge < -0.3 is 10.5 Å². The van der Waals surface area contributed by atoms with Crippen LogP contribution >= 0.6 is 0 Å². The van der Waals surface area contributed by atoms with Crippen molar-refractivity contribution in [1.82, 2.24) is 0 Å². The lowest BCUT2D eigenvalue weighted by molar-refractivity contribution is -0.135. The average Bonchev–Trinajstić information content (AvgIpc) is 2.15. The number of hydrogen-bond donors (Lipinski definition) is 1. The van der Waals surface area contributed by atoms with Gasteiger partial charge in [0.1, 0.15) is 0 Å². The van der Waals surface area contributed by atoms with Crippen molar-refractivity contribution in [3.63, 3.8) is 0 Å². The lowest BCUT2D eigenvalue weighted by Crippen LogP contribution is -2.05. The second-order valence-corrected chi connectivity index (χ2v) is 2.54. The van der Waals surface area contributed by atoms with E-state index in [2.05, 4.69) is 11.3 Å². The molecule has 2 N–H and O–H groups in total. The minimum absolute atomic E-state index is 0.382. The van der Waals surface area contributed by atoms with Crippen LogP contribution in [0.5, 0.6) is 0 Å². The molecule has 0 unspecified atom stereocenters. The van der Waals surface area contributed by atoms with Crippen molar-refractivity contribution in [1.29, 1.82) is 0 Å². The van der Waals surface area contributed by atoms with E-state index >= 15 is 0 Å². The Labute approximate surface area is 78.6 Å². The van der Waals surface area contributed by atoms with E-state index in [1.807, 2.05) is 6.92 Å². The van der Waals surface area contributed by atoms with Crippen LogP contribution in [0.1, 0.15) is 6.92 Å². The summed E-state index contributed by atoms with van der Waals surface area (Å²) >= 11 is 0. The summed E-state index contributed by atoms with van der Waals surface area (Å²) in [5, 5.41) is 0. The topological polar surface area (TPSA) is 52.3 Å². The molecule has 3 heteroatoms. The number of carbonyl (C=O) groups excluding carboxylic acids is 1. The minimum Gasteiger partial charge on any atom is -0.465 e. The molecule has 0 bridgehead atoms. The molecule has 0 aliphatic heterocycles. The number of methoxy groups -OCH3 is 1. The predicted molar refractivity (Wildman–Crippen MR) is 53.1 cm³/mol. The van der Waals surface area contributed by atoms with Crippen LogP contribution in [0, 0.1) is 0 Å². The summed E-state index contributed by atoms with van der Waals surface area (Å²) in [6, 6.07) is 0. The Morgan fingerprint density at radius 3 is 2.62 bits per heavy atom. The maximum absolute atomic E-state index is 11.1. The number of carbonyl (C=O) groups is 1. The van der Waals surface area contributed by atoms with E-state index in [0.717, 1.165) is 5.57 Å². The van der Waals surface area contributed by atoms with Crippen LogP contribution in [-0.2, 0) is 9.53 Å². The van der Waals surface area contributed by atoms with E-state index in [1.54, 1.807) is 12.2 Å². The number of esters is 1. The zero-order valence-electron chi connectivity index (χ0n) is 8.04. The fraction of sp³-hybridized carbons (Fsp3) is 0.300. The van der Waals surface area contributed by atoms with Crippen LogP contribution in [0.15, 0.2) is 36.0 Å². The smallest absolute Gasteiger partial charge is 0.337 e. The van der Waals surface area contributed by atoms with Gasteiger partial charge >= 0.3 is 5.97 Å². The molecule has 0 spiro atoms. The Balaban J connectivity index is 4.73. The van der Waals surface area contributed by atoms with Crippen LogP contribution in [-0.4, -0.2) is 19.6 Å². The molecule has 0 amide bonds. The Kier molecular flexibility index (Phi) is 5.55. The molecular formula is C10H15NO2. The van der Waals surface area contributed by atoms with Gasteiger partial charge in [-0.3, -0.25) is 0 Å². The molecule has 0 aromatic carbocycles. The van der Waals surface area contributed by atoms with Gasteiger partial charge in [0, 0.05) is 6.54 Å². The number of allylic oxidation sites excluding steroid dienone is 2. The third-order valence-corrected chi connectivity index (χ3v) is 1.44.